The van der Waals surface area contributed by atoms with Crippen molar-refractivity contribution in [3.63, 3.8) is 0 Å². The number of hydrogen-bond acceptors (Lipinski definition) is 6. The van der Waals surface area contributed by atoms with E-state index in [1.807, 2.05) is 85.2 Å². The lowest BCUT2D eigenvalue weighted by molar-refractivity contribution is 0.667. The monoisotopic (exact) mass is 618 g/mol. The third-order valence-electron chi connectivity index (χ3n) is 9.19. The first-order chi connectivity index (χ1) is 23.8. The van der Waals surface area contributed by atoms with E-state index in [4.69, 9.17) is 18.8 Å². The Balaban J connectivity index is 1.27. The number of pyridine rings is 1. The number of amidine groups is 2. The zero-order chi connectivity index (χ0) is 31.6. The maximum atomic E-state index is 6.68. The molecular formula is C42H26N4O2. The van der Waals surface area contributed by atoms with E-state index in [-0.39, 0.29) is 6.17 Å². The van der Waals surface area contributed by atoms with Gasteiger partial charge in [-0.1, -0.05) is 97.1 Å². The van der Waals surface area contributed by atoms with Gasteiger partial charge in [0.1, 0.15) is 34.3 Å². The summed E-state index contributed by atoms with van der Waals surface area (Å²) in [5.41, 5.74) is 8.13. The summed E-state index contributed by atoms with van der Waals surface area (Å²) in [6, 6.07) is 45.5. The fourth-order valence-electron chi connectivity index (χ4n) is 6.91. The highest BCUT2D eigenvalue weighted by Gasteiger charge is 2.25. The third kappa shape index (κ3) is 4.23. The predicted octanol–water partition coefficient (Wildman–Crippen LogP) is 10.2. The Morgan fingerprint density at radius 1 is 0.562 bits per heavy atom. The van der Waals surface area contributed by atoms with Crippen molar-refractivity contribution in [1.82, 2.24) is 10.3 Å². The molecule has 4 heterocycles. The number of aromatic nitrogens is 1. The van der Waals surface area contributed by atoms with Crippen LogP contribution in [0, 0.1) is 0 Å². The van der Waals surface area contributed by atoms with Crippen molar-refractivity contribution < 1.29 is 8.83 Å². The largest absolute Gasteiger partial charge is 0.456 e. The Morgan fingerprint density at radius 2 is 1.38 bits per heavy atom. The van der Waals surface area contributed by atoms with Crippen molar-refractivity contribution in [3.8, 4) is 11.1 Å². The average Bonchev–Trinajstić information content (AvgIpc) is 3.72. The predicted molar refractivity (Wildman–Crippen MR) is 194 cm³/mol. The standard InChI is InChI=1S/C42H26N4O2/c1-3-10-25(11-4-1)40-44-41(26-12-5-2-6-13-26)46-42(45-40)34-20-28(30-15-9-16-32-31-14-7-8-17-35(31)48-39(30)32)23-37-38(34)33-21-29-24-43-19-18-27(29)22-36(33)47-37/h1-24,40H,(H,44,45,46). The first kappa shape index (κ1) is 26.7. The molecule has 0 bridgehead atoms. The topological polar surface area (TPSA) is 75.9 Å². The molecule has 0 radical (unpaired) electrons. The molecule has 3 aromatic heterocycles. The molecule has 1 aliphatic rings. The van der Waals surface area contributed by atoms with Crippen LogP contribution in [0.2, 0.25) is 0 Å². The van der Waals surface area contributed by atoms with Crippen LogP contribution in [-0.2, 0) is 0 Å². The lowest BCUT2D eigenvalue weighted by Crippen LogP contribution is -2.33. The molecule has 0 aliphatic carbocycles. The molecule has 0 saturated carbocycles. The van der Waals surface area contributed by atoms with Crippen molar-refractivity contribution in [1.29, 1.82) is 0 Å². The second-order valence-corrected chi connectivity index (χ2v) is 12.1. The molecule has 6 nitrogen and oxygen atoms in total. The van der Waals surface area contributed by atoms with Crippen molar-refractivity contribution >= 4 is 66.3 Å². The summed E-state index contributed by atoms with van der Waals surface area (Å²) in [6.45, 7) is 0. The van der Waals surface area contributed by atoms with E-state index >= 15 is 0 Å². The molecule has 48 heavy (non-hydrogen) atoms. The minimum atomic E-state index is -0.338. The Labute approximate surface area is 274 Å². The molecule has 0 amide bonds. The van der Waals surface area contributed by atoms with Gasteiger partial charge in [-0.2, -0.15) is 0 Å². The Morgan fingerprint density at radius 3 is 2.27 bits per heavy atom. The number of nitrogens with zero attached hydrogens (tertiary/aromatic N) is 3. The summed E-state index contributed by atoms with van der Waals surface area (Å²) in [4.78, 5) is 14.7. The molecule has 6 heteroatoms. The SMILES string of the molecule is c1ccc(C2=NC(c3ccccc3)NC(c3cc(-c4cccc5c4oc4ccccc45)cc4oc5cc6ccncc6cc5c34)=N2)cc1. The van der Waals surface area contributed by atoms with Crippen LogP contribution in [0.15, 0.2) is 165 Å². The van der Waals surface area contributed by atoms with Gasteiger partial charge in [-0.05, 0) is 52.9 Å². The van der Waals surface area contributed by atoms with Crippen molar-refractivity contribution in [3.05, 3.63) is 163 Å². The quantitative estimate of drug-likeness (QED) is 0.213. The molecular weight excluding hydrogens is 592 g/mol. The van der Waals surface area contributed by atoms with Crippen LogP contribution in [-0.4, -0.2) is 16.7 Å². The molecule has 0 spiro atoms. The highest BCUT2D eigenvalue weighted by molar-refractivity contribution is 6.24. The van der Waals surface area contributed by atoms with Crippen molar-refractivity contribution in [2.24, 2.45) is 9.98 Å². The van der Waals surface area contributed by atoms with E-state index in [1.54, 1.807) is 0 Å². The number of benzene rings is 6. The van der Waals surface area contributed by atoms with Gasteiger partial charge in [-0.25, -0.2) is 9.98 Å². The summed E-state index contributed by atoms with van der Waals surface area (Å²) in [6.07, 6.45) is 3.37. The van der Waals surface area contributed by atoms with Crippen LogP contribution in [0.3, 0.4) is 0 Å². The highest BCUT2D eigenvalue weighted by atomic mass is 16.3. The van der Waals surface area contributed by atoms with E-state index in [9.17, 15) is 0 Å². The van der Waals surface area contributed by atoms with Gasteiger partial charge in [0.2, 0.25) is 0 Å². The van der Waals surface area contributed by atoms with E-state index < -0.39 is 0 Å². The van der Waals surface area contributed by atoms with E-state index in [2.05, 4.69) is 71.0 Å². The Kier molecular flexibility index (Phi) is 5.84. The lowest BCUT2D eigenvalue weighted by Gasteiger charge is -2.24. The number of hydrogen-bond donors (Lipinski definition) is 1. The Bertz CT molecular complexity index is 2760. The second-order valence-electron chi connectivity index (χ2n) is 12.1. The van der Waals surface area contributed by atoms with Gasteiger partial charge < -0.3 is 14.2 Å². The first-order valence-corrected chi connectivity index (χ1v) is 16.0. The van der Waals surface area contributed by atoms with Gasteiger partial charge in [0.25, 0.3) is 0 Å². The molecule has 9 aromatic rings. The number of fused-ring (bicyclic) bond motifs is 7. The number of para-hydroxylation sites is 2. The van der Waals surface area contributed by atoms with E-state index in [1.165, 1.54) is 0 Å². The zero-order valence-corrected chi connectivity index (χ0v) is 25.6. The maximum absolute atomic E-state index is 6.68. The van der Waals surface area contributed by atoms with E-state index in [0.717, 1.165) is 88.3 Å². The molecule has 1 atom stereocenters. The minimum Gasteiger partial charge on any atom is -0.456 e. The van der Waals surface area contributed by atoms with Crippen LogP contribution in [0.1, 0.15) is 22.9 Å². The number of nitrogens with one attached hydrogen (secondary N) is 1. The molecule has 1 aliphatic heterocycles. The Hall–Kier alpha value is -6.53. The van der Waals surface area contributed by atoms with Crippen LogP contribution < -0.4 is 5.32 Å². The van der Waals surface area contributed by atoms with Crippen LogP contribution in [0.4, 0.5) is 0 Å². The van der Waals surface area contributed by atoms with Crippen LogP contribution in [0.25, 0.3) is 65.8 Å². The van der Waals surface area contributed by atoms with Gasteiger partial charge in [0, 0.05) is 56.0 Å². The fourth-order valence-corrected chi connectivity index (χ4v) is 6.91. The number of aliphatic imine (C=N–C) groups is 2. The van der Waals surface area contributed by atoms with Crippen molar-refractivity contribution in [2.75, 3.05) is 0 Å². The summed E-state index contributed by atoms with van der Waals surface area (Å²) >= 11 is 0. The van der Waals surface area contributed by atoms with Gasteiger partial charge >= 0.3 is 0 Å². The minimum absolute atomic E-state index is 0.338. The third-order valence-corrected chi connectivity index (χ3v) is 9.19. The number of furan rings is 2. The molecule has 0 saturated heterocycles. The number of rotatable bonds is 4. The summed E-state index contributed by atoms with van der Waals surface area (Å²) in [7, 11) is 0. The molecule has 0 fully saturated rings. The summed E-state index contributed by atoms with van der Waals surface area (Å²) < 4.78 is 13.2. The van der Waals surface area contributed by atoms with Gasteiger partial charge in [0.15, 0.2) is 5.84 Å². The lowest BCUT2D eigenvalue weighted by atomic mass is 9.96. The summed E-state index contributed by atoms with van der Waals surface area (Å²) in [5.74, 6) is 1.38. The molecule has 1 unspecified atom stereocenters. The molecule has 226 valence electrons. The molecule has 10 rings (SSSR count). The maximum Gasteiger partial charge on any atom is 0.159 e. The van der Waals surface area contributed by atoms with E-state index in [0.29, 0.717) is 5.84 Å². The normalized spacial score (nSPS) is 14.9. The highest BCUT2D eigenvalue weighted by Crippen LogP contribution is 2.41. The zero-order valence-electron chi connectivity index (χ0n) is 25.6. The average molecular weight is 619 g/mol. The molecule has 6 aromatic carbocycles. The van der Waals surface area contributed by atoms with Crippen molar-refractivity contribution in [2.45, 2.75) is 6.17 Å². The second kappa shape index (κ2) is 10.5. The fraction of sp³-hybridized carbons (Fsp3) is 0.0238. The van der Waals surface area contributed by atoms with Crippen LogP contribution >= 0.6 is 0 Å². The van der Waals surface area contributed by atoms with Gasteiger partial charge in [0.05, 0.1) is 0 Å². The van der Waals surface area contributed by atoms with Gasteiger partial charge in [-0.3, -0.25) is 4.98 Å². The summed E-state index contributed by atoms with van der Waals surface area (Å²) in [5, 5.41) is 9.94. The van der Waals surface area contributed by atoms with Crippen LogP contribution in [0.5, 0.6) is 0 Å². The first-order valence-electron chi connectivity index (χ1n) is 16.0. The molecule has 1 N–H and O–H groups in total. The van der Waals surface area contributed by atoms with Gasteiger partial charge in [-0.15, -0.1) is 0 Å². The smallest absolute Gasteiger partial charge is 0.159 e.